The molecule has 1 N–H and O–H groups in total. The first-order valence-corrected chi connectivity index (χ1v) is 4.16. The van der Waals surface area contributed by atoms with Crippen LogP contribution in [0.4, 0.5) is 0 Å². The highest BCUT2D eigenvalue weighted by Crippen LogP contribution is 2.25. The van der Waals surface area contributed by atoms with Crippen LogP contribution in [0.25, 0.3) is 10.4 Å². The van der Waals surface area contributed by atoms with Crippen molar-refractivity contribution in [3.63, 3.8) is 0 Å². The van der Waals surface area contributed by atoms with E-state index in [1.165, 1.54) is 10.4 Å². The van der Waals surface area contributed by atoms with Crippen molar-refractivity contribution in [1.29, 1.82) is 0 Å². The highest BCUT2D eigenvalue weighted by atomic mass is 32.1. The molecule has 0 amide bonds. The number of nitrogens with one attached hydrogen (secondary N) is 1. The van der Waals surface area contributed by atoms with Gasteiger partial charge in [-0.3, -0.25) is 5.10 Å². The lowest BCUT2D eigenvalue weighted by atomic mass is 10.2. The van der Waals surface area contributed by atoms with Crippen LogP contribution in [0.1, 0.15) is 5.69 Å². The number of aromatic nitrogens is 2. The number of hydrogen-bond donors (Lipinski definition) is 1. The summed E-state index contributed by atoms with van der Waals surface area (Å²) in [5.41, 5.74) is 2.22. The van der Waals surface area contributed by atoms with Gasteiger partial charge in [0.2, 0.25) is 0 Å². The first-order valence-electron chi connectivity index (χ1n) is 3.34. The molecule has 2 aromatic rings. The number of thiophene rings is 1. The Labute approximate surface area is 68.9 Å². The molecule has 0 aliphatic carbocycles. The molecule has 1 radical (unpaired) electrons. The predicted octanol–water partition coefficient (Wildman–Crippen LogP) is 2.25. The van der Waals surface area contributed by atoms with Crippen molar-refractivity contribution in [2.45, 2.75) is 6.92 Å². The fourth-order valence-electron chi connectivity index (χ4n) is 0.994. The molecule has 0 aliphatic rings. The van der Waals surface area contributed by atoms with E-state index < -0.39 is 0 Å². The maximum atomic E-state index is 4.04. The monoisotopic (exact) mass is 163 g/mol. The van der Waals surface area contributed by atoms with Gasteiger partial charge in [-0.15, -0.1) is 11.3 Å². The average molecular weight is 163 g/mol. The van der Waals surface area contributed by atoms with E-state index in [1.807, 2.05) is 25.3 Å². The SMILES string of the molecule is Cc1n[nH]cc1-c1cc[c]s1. The van der Waals surface area contributed by atoms with Gasteiger partial charge in [0, 0.05) is 22.0 Å². The third-order valence-corrected chi connectivity index (χ3v) is 2.40. The van der Waals surface area contributed by atoms with Gasteiger partial charge in [0.25, 0.3) is 0 Å². The first kappa shape index (κ1) is 6.61. The molecule has 2 heterocycles. The van der Waals surface area contributed by atoms with E-state index in [9.17, 15) is 0 Å². The van der Waals surface area contributed by atoms with Gasteiger partial charge in [-0.1, -0.05) is 0 Å². The number of nitrogens with zero attached hydrogens (tertiary/aromatic N) is 1. The predicted molar refractivity (Wildman–Crippen MR) is 45.5 cm³/mol. The van der Waals surface area contributed by atoms with Crippen LogP contribution >= 0.6 is 11.3 Å². The normalized spacial score (nSPS) is 10.3. The zero-order valence-corrected chi connectivity index (χ0v) is 6.90. The Morgan fingerprint density at radius 2 is 2.55 bits per heavy atom. The minimum Gasteiger partial charge on any atom is -0.285 e. The highest BCUT2D eigenvalue weighted by Gasteiger charge is 2.03. The second kappa shape index (κ2) is 2.51. The Hall–Kier alpha value is -1.09. The number of aromatic amines is 1. The highest BCUT2D eigenvalue weighted by molar-refractivity contribution is 7.13. The molecule has 2 nitrogen and oxygen atoms in total. The summed E-state index contributed by atoms with van der Waals surface area (Å²) in [5, 5.41) is 9.91. The minimum absolute atomic E-state index is 1.04. The summed E-state index contributed by atoms with van der Waals surface area (Å²) in [7, 11) is 0. The summed E-state index contributed by atoms with van der Waals surface area (Å²) in [6.45, 7) is 1.99. The molecule has 2 aromatic heterocycles. The Morgan fingerprint density at radius 1 is 1.64 bits per heavy atom. The second-order valence-corrected chi connectivity index (χ2v) is 3.18. The van der Waals surface area contributed by atoms with Crippen LogP contribution in [0.5, 0.6) is 0 Å². The average Bonchev–Trinajstić information content (AvgIpc) is 2.55. The lowest BCUT2D eigenvalue weighted by Gasteiger charge is -1.89. The molecule has 0 atom stereocenters. The molecular weight excluding hydrogens is 156 g/mol. The molecule has 0 spiro atoms. The third-order valence-electron chi connectivity index (χ3n) is 1.57. The molecule has 0 unspecified atom stereocenters. The molecular formula is C8H7N2S. The summed E-state index contributed by atoms with van der Waals surface area (Å²) < 4.78 is 0. The quantitative estimate of drug-likeness (QED) is 0.686. The van der Waals surface area contributed by atoms with Gasteiger partial charge in [0.05, 0.1) is 5.69 Å². The number of H-pyrrole nitrogens is 1. The molecule has 0 aromatic carbocycles. The zero-order valence-electron chi connectivity index (χ0n) is 6.09. The maximum absolute atomic E-state index is 4.04. The number of aryl methyl sites for hydroxylation is 1. The summed E-state index contributed by atoms with van der Waals surface area (Å²) in [4.78, 5) is 1.22. The first-order chi connectivity index (χ1) is 5.38. The van der Waals surface area contributed by atoms with Gasteiger partial charge >= 0.3 is 0 Å². The molecule has 11 heavy (non-hydrogen) atoms. The fourth-order valence-corrected chi connectivity index (χ4v) is 1.71. The molecule has 2 rings (SSSR count). The van der Waals surface area contributed by atoms with Gasteiger partial charge in [0.15, 0.2) is 0 Å². The van der Waals surface area contributed by atoms with E-state index in [1.54, 1.807) is 11.3 Å². The summed E-state index contributed by atoms with van der Waals surface area (Å²) in [5.74, 6) is 0. The minimum atomic E-state index is 1.04. The van der Waals surface area contributed by atoms with Crippen LogP contribution in [0, 0.1) is 12.3 Å². The summed E-state index contributed by atoms with van der Waals surface area (Å²) in [6.07, 6.45) is 1.91. The lowest BCUT2D eigenvalue weighted by molar-refractivity contribution is 1.05. The lowest BCUT2D eigenvalue weighted by Crippen LogP contribution is -1.72. The van der Waals surface area contributed by atoms with Crippen molar-refractivity contribution in [1.82, 2.24) is 10.2 Å². The Balaban J connectivity index is 2.53. The van der Waals surface area contributed by atoms with Crippen molar-refractivity contribution in [2.75, 3.05) is 0 Å². The Bertz CT molecular complexity index is 335. The number of rotatable bonds is 1. The van der Waals surface area contributed by atoms with E-state index in [2.05, 4.69) is 15.6 Å². The smallest absolute Gasteiger partial charge is 0.0677 e. The van der Waals surface area contributed by atoms with Crippen LogP contribution < -0.4 is 0 Å². The van der Waals surface area contributed by atoms with Crippen molar-refractivity contribution in [3.8, 4) is 10.4 Å². The van der Waals surface area contributed by atoms with Crippen molar-refractivity contribution < 1.29 is 0 Å². The van der Waals surface area contributed by atoms with Crippen molar-refractivity contribution in [3.05, 3.63) is 29.4 Å². The van der Waals surface area contributed by atoms with Crippen LogP contribution in [0.15, 0.2) is 18.3 Å². The van der Waals surface area contributed by atoms with E-state index in [-0.39, 0.29) is 0 Å². The van der Waals surface area contributed by atoms with E-state index >= 15 is 0 Å². The summed E-state index contributed by atoms with van der Waals surface area (Å²) in [6, 6.07) is 3.97. The van der Waals surface area contributed by atoms with Gasteiger partial charge in [-0.05, 0) is 19.1 Å². The topological polar surface area (TPSA) is 28.7 Å². The van der Waals surface area contributed by atoms with Crippen LogP contribution in [-0.2, 0) is 0 Å². The Morgan fingerprint density at radius 3 is 3.09 bits per heavy atom. The molecule has 0 saturated carbocycles. The molecule has 55 valence electrons. The van der Waals surface area contributed by atoms with Crippen LogP contribution in [0.2, 0.25) is 0 Å². The molecule has 0 bridgehead atoms. The van der Waals surface area contributed by atoms with E-state index in [0.29, 0.717) is 0 Å². The molecule has 0 aliphatic heterocycles. The Kier molecular flexibility index (Phi) is 1.51. The molecule has 3 heteroatoms. The third kappa shape index (κ3) is 1.07. The van der Waals surface area contributed by atoms with E-state index in [4.69, 9.17) is 0 Å². The van der Waals surface area contributed by atoms with Crippen LogP contribution in [-0.4, -0.2) is 10.2 Å². The zero-order chi connectivity index (χ0) is 7.68. The standard InChI is InChI=1S/C8H7N2S/c1-6-7(5-9-10-6)8-3-2-4-11-8/h2-3,5H,1H3,(H,9,10). The number of hydrogen-bond acceptors (Lipinski definition) is 2. The molecule has 0 fully saturated rings. The van der Waals surface area contributed by atoms with E-state index in [0.717, 1.165) is 5.69 Å². The van der Waals surface area contributed by atoms with Gasteiger partial charge in [-0.25, -0.2) is 0 Å². The van der Waals surface area contributed by atoms with Crippen molar-refractivity contribution in [2.24, 2.45) is 0 Å². The maximum Gasteiger partial charge on any atom is 0.0677 e. The van der Waals surface area contributed by atoms with Crippen LogP contribution in [0.3, 0.4) is 0 Å². The van der Waals surface area contributed by atoms with Crippen molar-refractivity contribution >= 4 is 11.3 Å². The van der Waals surface area contributed by atoms with Gasteiger partial charge in [0.1, 0.15) is 0 Å². The largest absolute Gasteiger partial charge is 0.285 e. The van der Waals surface area contributed by atoms with Gasteiger partial charge < -0.3 is 0 Å². The second-order valence-electron chi connectivity index (χ2n) is 2.30. The fraction of sp³-hybridized carbons (Fsp3) is 0.125. The molecule has 0 saturated heterocycles. The summed E-state index contributed by atoms with van der Waals surface area (Å²) >= 11 is 1.61. The van der Waals surface area contributed by atoms with Gasteiger partial charge in [-0.2, -0.15) is 5.10 Å².